The standard InChI is InChI=1S/C20H22N4O4/c1-27-10-9-24-17-5-3-2-4-16(17)21-20(24)23-8-11-28-18-12-14(19(25)22-26)6-7-15(18)13-23/h2-7,12,26H,8-11,13H2,1H3,(H,22,25). The van der Waals surface area contributed by atoms with Gasteiger partial charge in [-0.05, 0) is 24.3 Å². The molecule has 2 heterocycles. The van der Waals surface area contributed by atoms with Gasteiger partial charge in [0.2, 0.25) is 5.95 Å². The predicted molar refractivity (Wildman–Crippen MR) is 104 cm³/mol. The Bertz CT molecular complexity index is 1000. The molecule has 1 aromatic heterocycles. The predicted octanol–water partition coefficient (Wildman–Crippen LogP) is 2.20. The van der Waals surface area contributed by atoms with Gasteiger partial charge in [-0.3, -0.25) is 10.0 Å². The fourth-order valence-electron chi connectivity index (χ4n) is 3.45. The molecule has 1 aliphatic heterocycles. The topological polar surface area (TPSA) is 88.9 Å². The van der Waals surface area contributed by atoms with E-state index in [1.54, 1.807) is 24.7 Å². The number of benzene rings is 2. The van der Waals surface area contributed by atoms with Crippen LogP contribution in [0.2, 0.25) is 0 Å². The van der Waals surface area contributed by atoms with Gasteiger partial charge in [0.25, 0.3) is 5.91 Å². The van der Waals surface area contributed by atoms with Gasteiger partial charge in [0.1, 0.15) is 12.4 Å². The minimum atomic E-state index is -0.561. The fraction of sp³-hybridized carbons (Fsp3) is 0.300. The van der Waals surface area contributed by atoms with E-state index in [0.29, 0.717) is 44.2 Å². The highest BCUT2D eigenvalue weighted by Gasteiger charge is 2.22. The summed E-state index contributed by atoms with van der Waals surface area (Å²) < 4.78 is 13.3. The zero-order valence-corrected chi connectivity index (χ0v) is 15.6. The molecule has 3 aromatic rings. The maximum atomic E-state index is 11.7. The molecular formula is C20H22N4O4. The molecule has 0 radical (unpaired) electrons. The second-order valence-electron chi connectivity index (χ2n) is 6.58. The first-order chi connectivity index (χ1) is 13.7. The molecule has 2 N–H and O–H groups in total. The third-order valence-corrected chi connectivity index (χ3v) is 4.85. The number of ether oxygens (including phenoxy) is 2. The number of carbonyl (C=O) groups excluding carboxylic acids is 1. The van der Waals surface area contributed by atoms with E-state index in [4.69, 9.17) is 19.7 Å². The Morgan fingerprint density at radius 2 is 2.18 bits per heavy atom. The molecule has 0 saturated carbocycles. The number of nitrogens with zero attached hydrogens (tertiary/aromatic N) is 3. The van der Waals surface area contributed by atoms with E-state index in [-0.39, 0.29) is 0 Å². The molecule has 0 fully saturated rings. The lowest BCUT2D eigenvalue weighted by molar-refractivity contribution is 0.0706. The third kappa shape index (κ3) is 3.39. The summed E-state index contributed by atoms with van der Waals surface area (Å²) in [4.78, 5) is 18.7. The average molecular weight is 382 g/mol. The van der Waals surface area contributed by atoms with Gasteiger partial charge < -0.3 is 18.9 Å². The highest BCUT2D eigenvalue weighted by atomic mass is 16.5. The van der Waals surface area contributed by atoms with Crippen molar-refractivity contribution in [2.24, 2.45) is 0 Å². The summed E-state index contributed by atoms with van der Waals surface area (Å²) in [5.41, 5.74) is 4.96. The molecule has 0 saturated heterocycles. The second-order valence-corrected chi connectivity index (χ2v) is 6.58. The number of hydroxylamine groups is 1. The number of methoxy groups -OCH3 is 1. The first kappa shape index (κ1) is 18.3. The zero-order chi connectivity index (χ0) is 19.5. The van der Waals surface area contributed by atoms with Crippen LogP contribution in [0.5, 0.6) is 5.75 Å². The van der Waals surface area contributed by atoms with Crippen LogP contribution in [0.4, 0.5) is 5.95 Å². The van der Waals surface area contributed by atoms with Crippen molar-refractivity contribution in [1.82, 2.24) is 15.0 Å². The Morgan fingerprint density at radius 3 is 3.00 bits per heavy atom. The summed E-state index contributed by atoms with van der Waals surface area (Å²) in [6.07, 6.45) is 0. The normalized spacial score (nSPS) is 13.7. The quantitative estimate of drug-likeness (QED) is 0.520. The zero-order valence-electron chi connectivity index (χ0n) is 15.6. The van der Waals surface area contributed by atoms with Crippen LogP contribution in [0.3, 0.4) is 0 Å². The number of hydrogen-bond acceptors (Lipinski definition) is 6. The van der Waals surface area contributed by atoms with E-state index in [2.05, 4.69) is 15.5 Å². The number of anilines is 1. The number of hydrogen-bond donors (Lipinski definition) is 2. The molecule has 146 valence electrons. The number of para-hydroxylation sites is 2. The van der Waals surface area contributed by atoms with Crippen molar-refractivity contribution in [3.63, 3.8) is 0 Å². The van der Waals surface area contributed by atoms with Crippen LogP contribution in [0.1, 0.15) is 15.9 Å². The largest absolute Gasteiger partial charge is 0.491 e. The number of amides is 1. The molecule has 1 amide bonds. The lowest BCUT2D eigenvalue weighted by Gasteiger charge is -2.22. The lowest BCUT2D eigenvalue weighted by Crippen LogP contribution is -2.28. The Labute approximate surface area is 162 Å². The molecule has 0 unspecified atom stereocenters. The highest BCUT2D eigenvalue weighted by molar-refractivity contribution is 5.93. The van der Waals surface area contributed by atoms with Gasteiger partial charge in [-0.25, -0.2) is 10.5 Å². The number of imidazole rings is 1. The molecule has 0 atom stereocenters. The second kappa shape index (κ2) is 7.87. The summed E-state index contributed by atoms with van der Waals surface area (Å²) in [6.45, 7) is 3.02. The monoisotopic (exact) mass is 382 g/mol. The van der Waals surface area contributed by atoms with Crippen molar-refractivity contribution in [2.45, 2.75) is 13.1 Å². The first-order valence-corrected chi connectivity index (χ1v) is 9.10. The van der Waals surface area contributed by atoms with Crippen LogP contribution in [0.25, 0.3) is 11.0 Å². The number of nitrogens with one attached hydrogen (secondary N) is 1. The maximum Gasteiger partial charge on any atom is 0.274 e. The number of aromatic nitrogens is 2. The molecule has 0 bridgehead atoms. The van der Waals surface area contributed by atoms with E-state index >= 15 is 0 Å². The van der Waals surface area contributed by atoms with E-state index < -0.39 is 5.91 Å². The SMILES string of the molecule is COCCn1c(N2CCOc3cc(C(=O)NO)ccc3C2)nc2ccccc21. The van der Waals surface area contributed by atoms with E-state index in [1.165, 1.54) is 0 Å². The van der Waals surface area contributed by atoms with Crippen molar-refractivity contribution in [3.05, 3.63) is 53.6 Å². The van der Waals surface area contributed by atoms with Crippen LogP contribution in [-0.2, 0) is 17.8 Å². The number of rotatable bonds is 5. The van der Waals surface area contributed by atoms with Crippen molar-refractivity contribution in [1.29, 1.82) is 0 Å². The van der Waals surface area contributed by atoms with E-state index in [1.807, 2.05) is 24.3 Å². The highest BCUT2D eigenvalue weighted by Crippen LogP contribution is 2.29. The van der Waals surface area contributed by atoms with Gasteiger partial charge in [-0.15, -0.1) is 0 Å². The van der Waals surface area contributed by atoms with Gasteiger partial charge in [-0.1, -0.05) is 18.2 Å². The summed E-state index contributed by atoms with van der Waals surface area (Å²) in [6, 6.07) is 13.2. The van der Waals surface area contributed by atoms with Crippen molar-refractivity contribution >= 4 is 22.9 Å². The molecule has 8 heteroatoms. The Kier molecular flexibility index (Phi) is 5.14. The lowest BCUT2D eigenvalue weighted by atomic mass is 10.1. The summed E-state index contributed by atoms with van der Waals surface area (Å²) in [5.74, 6) is 0.948. The first-order valence-electron chi connectivity index (χ1n) is 9.10. The van der Waals surface area contributed by atoms with E-state index in [0.717, 1.165) is 22.5 Å². The number of carbonyl (C=O) groups is 1. The molecule has 1 aliphatic rings. The van der Waals surface area contributed by atoms with Gasteiger partial charge in [0.15, 0.2) is 0 Å². The smallest absolute Gasteiger partial charge is 0.274 e. The molecule has 4 rings (SSSR count). The van der Waals surface area contributed by atoms with Gasteiger partial charge in [0.05, 0.1) is 24.2 Å². The van der Waals surface area contributed by atoms with Crippen molar-refractivity contribution in [3.8, 4) is 5.75 Å². The third-order valence-electron chi connectivity index (χ3n) is 4.85. The summed E-state index contributed by atoms with van der Waals surface area (Å²) >= 11 is 0. The van der Waals surface area contributed by atoms with Crippen molar-refractivity contribution in [2.75, 3.05) is 31.8 Å². The summed E-state index contributed by atoms with van der Waals surface area (Å²) in [5, 5.41) is 8.84. The molecule has 0 aliphatic carbocycles. The minimum Gasteiger partial charge on any atom is -0.491 e. The van der Waals surface area contributed by atoms with Crippen LogP contribution in [0.15, 0.2) is 42.5 Å². The van der Waals surface area contributed by atoms with Gasteiger partial charge in [-0.2, -0.15) is 0 Å². The Balaban J connectivity index is 1.69. The molecule has 8 nitrogen and oxygen atoms in total. The van der Waals surface area contributed by atoms with Crippen LogP contribution in [-0.4, -0.2) is 47.5 Å². The fourth-order valence-corrected chi connectivity index (χ4v) is 3.45. The average Bonchev–Trinajstić information content (AvgIpc) is 2.96. The number of fused-ring (bicyclic) bond motifs is 2. The van der Waals surface area contributed by atoms with Crippen molar-refractivity contribution < 1.29 is 19.5 Å². The minimum absolute atomic E-state index is 0.349. The van der Waals surface area contributed by atoms with Crippen LogP contribution < -0.4 is 15.1 Å². The molecule has 28 heavy (non-hydrogen) atoms. The van der Waals surface area contributed by atoms with E-state index in [9.17, 15) is 4.79 Å². The van der Waals surface area contributed by atoms with Gasteiger partial charge >= 0.3 is 0 Å². The van der Waals surface area contributed by atoms with Crippen LogP contribution in [0, 0.1) is 0 Å². The molecular weight excluding hydrogens is 360 g/mol. The Hall–Kier alpha value is -3.10. The Morgan fingerprint density at radius 1 is 1.32 bits per heavy atom. The molecule has 2 aromatic carbocycles. The maximum absolute atomic E-state index is 11.7. The molecule has 0 spiro atoms. The van der Waals surface area contributed by atoms with Gasteiger partial charge in [0, 0.05) is 31.3 Å². The van der Waals surface area contributed by atoms with Crippen LogP contribution >= 0.6 is 0 Å². The summed E-state index contributed by atoms with van der Waals surface area (Å²) in [7, 11) is 1.69.